The molecule has 0 heterocycles. The zero-order valence-corrected chi connectivity index (χ0v) is 17.9. The molecule has 1 saturated carbocycles. The highest BCUT2D eigenvalue weighted by atomic mass is 31.1. The van der Waals surface area contributed by atoms with Crippen LogP contribution in [0.4, 0.5) is 0 Å². The van der Waals surface area contributed by atoms with Crippen LogP contribution in [0.5, 0.6) is 0 Å². The van der Waals surface area contributed by atoms with Crippen LogP contribution in [0.1, 0.15) is 37.7 Å². The summed E-state index contributed by atoms with van der Waals surface area (Å²) >= 11 is 0. The van der Waals surface area contributed by atoms with E-state index in [0.29, 0.717) is 6.04 Å². The van der Waals surface area contributed by atoms with Gasteiger partial charge in [-0.05, 0) is 36.9 Å². The van der Waals surface area contributed by atoms with Crippen molar-refractivity contribution in [3.63, 3.8) is 0 Å². The molecule has 2 nitrogen and oxygen atoms in total. The lowest BCUT2D eigenvalue weighted by atomic mass is 9.96. The van der Waals surface area contributed by atoms with Gasteiger partial charge < -0.3 is 0 Å². The van der Waals surface area contributed by atoms with Gasteiger partial charge in [-0.3, -0.25) is 10.6 Å². The second kappa shape index (κ2) is 10.7. The quantitative estimate of drug-likeness (QED) is 0.404. The Balaban J connectivity index is 1.62. The predicted octanol–water partition coefficient (Wildman–Crippen LogP) is 5.12. The number of hydrogen-bond donors (Lipinski definition) is 2. The topological polar surface area (TPSA) is 24.1 Å². The van der Waals surface area contributed by atoms with Crippen LogP contribution in [-0.2, 0) is 6.54 Å². The molecule has 2 N–H and O–H groups in total. The first-order valence-electron chi connectivity index (χ1n) is 10.8. The van der Waals surface area contributed by atoms with Crippen LogP contribution < -0.4 is 21.2 Å². The van der Waals surface area contributed by atoms with Crippen molar-refractivity contribution in [2.75, 3.05) is 0 Å². The lowest BCUT2D eigenvalue weighted by molar-refractivity contribution is 0.349. The van der Waals surface area contributed by atoms with Crippen molar-refractivity contribution in [3.8, 4) is 0 Å². The van der Waals surface area contributed by atoms with E-state index in [-0.39, 0.29) is 5.91 Å². The molecule has 3 aromatic carbocycles. The summed E-state index contributed by atoms with van der Waals surface area (Å²) < 4.78 is 0. The molecule has 1 atom stereocenters. The lowest BCUT2D eigenvalue weighted by Crippen LogP contribution is -2.49. The van der Waals surface area contributed by atoms with Gasteiger partial charge in [0.1, 0.15) is 0 Å². The lowest BCUT2D eigenvalue weighted by Gasteiger charge is -2.35. The highest BCUT2D eigenvalue weighted by Crippen LogP contribution is 2.38. The van der Waals surface area contributed by atoms with Crippen molar-refractivity contribution >= 4 is 18.5 Å². The maximum Gasteiger partial charge on any atom is 0.0863 e. The molecule has 1 aliphatic carbocycles. The third kappa shape index (κ3) is 5.76. The minimum Gasteiger partial charge on any atom is -0.295 e. The second-order valence-corrected chi connectivity index (χ2v) is 10.1. The van der Waals surface area contributed by atoms with Crippen LogP contribution in [0.25, 0.3) is 0 Å². The Morgan fingerprint density at radius 3 is 1.76 bits per heavy atom. The fourth-order valence-electron chi connectivity index (χ4n) is 4.15. The van der Waals surface area contributed by atoms with E-state index in [2.05, 4.69) is 102 Å². The molecule has 0 aliphatic heterocycles. The molecule has 0 spiro atoms. The Hall–Kier alpha value is -1.99. The summed E-state index contributed by atoms with van der Waals surface area (Å²) in [7, 11) is -0.558. The van der Waals surface area contributed by atoms with Crippen molar-refractivity contribution in [3.05, 3.63) is 96.6 Å². The minimum absolute atomic E-state index is 0.248. The first kappa shape index (κ1) is 20.3. The summed E-state index contributed by atoms with van der Waals surface area (Å²) in [6.45, 7) is 0.879. The Morgan fingerprint density at radius 1 is 0.690 bits per heavy atom. The standard InChI is InChI=1S/C26H31N2P/c1-5-13-22(14-6-1)21-27-26(28-23-15-7-2-8-16-23)29(24-17-9-3-10-18-24)25-19-11-4-12-20-25/h1,3-6,9-14,17-20,23,26-28H,2,7-8,15-16,21H2. The van der Waals surface area contributed by atoms with E-state index >= 15 is 0 Å². The van der Waals surface area contributed by atoms with E-state index in [4.69, 9.17) is 0 Å². The van der Waals surface area contributed by atoms with Crippen LogP contribution in [0, 0.1) is 0 Å². The predicted molar refractivity (Wildman–Crippen MR) is 126 cm³/mol. The van der Waals surface area contributed by atoms with Crippen molar-refractivity contribution in [2.45, 2.75) is 50.6 Å². The van der Waals surface area contributed by atoms with Gasteiger partial charge in [0, 0.05) is 12.6 Å². The Bertz CT molecular complexity index is 793. The summed E-state index contributed by atoms with van der Waals surface area (Å²) in [5.74, 6) is 0.248. The van der Waals surface area contributed by atoms with Gasteiger partial charge in [-0.2, -0.15) is 0 Å². The number of rotatable bonds is 8. The van der Waals surface area contributed by atoms with Gasteiger partial charge in [-0.25, -0.2) is 0 Å². The molecule has 0 saturated heterocycles. The molecule has 1 fully saturated rings. The molecular weight excluding hydrogens is 371 g/mol. The van der Waals surface area contributed by atoms with E-state index in [0.717, 1.165) is 6.54 Å². The molecule has 1 aliphatic rings. The fraction of sp³-hybridized carbons (Fsp3) is 0.308. The smallest absolute Gasteiger partial charge is 0.0863 e. The van der Waals surface area contributed by atoms with E-state index in [1.165, 1.54) is 48.3 Å². The first-order chi connectivity index (χ1) is 14.4. The van der Waals surface area contributed by atoms with Gasteiger partial charge in [0.15, 0.2) is 0 Å². The van der Waals surface area contributed by atoms with Gasteiger partial charge in [0.05, 0.1) is 5.91 Å². The number of nitrogens with one attached hydrogen (secondary N) is 2. The third-order valence-corrected chi connectivity index (χ3v) is 8.23. The molecule has 3 heteroatoms. The largest absolute Gasteiger partial charge is 0.295 e. The van der Waals surface area contributed by atoms with E-state index in [1.807, 2.05) is 0 Å². The molecular formula is C26H31N2P. The molecule has 4 rings (SSSR count). The molecule has 0 radical (unpaired) electrons. The number of hydrogen-bond acceptors (Lipinski definition) is 2. The van der Waals surface area contributed by atoms with Crippen LogP contribution in [0.3, 0.4) is 0 Å². The Morgan fingerprint density at radius 2 is 1.21 bits per heavy atom. The van der Waals surface area contributed by atoms with E-state index in [9.17, 15) is 0 Å². The number of benzene rings is 3. The SMILES string of the molecule is c1ccc(CNC(NC2CCCCC2)P(c2ccccc2)c2ccccc2)cc1. The zero-order chi connectivity index (χ0) is 19.7. The molecule has 3 aromatic rings. The third-order valence-electron chi connectivity index (χ3n) is 5.67. The Labute approximate surface area is 176 Å². The summed E-state index contributed by atoms with van der Waals surface area (Å²) in [5, 5.41) is 10.8. The summed E-state index contributed by atoms with van der Waals surface area (Å²) in [6, 6.07) is 33.4. The van der Waals surface area contributed by atoms with Crippen molar-refractivity contribution in [2.24, 2.45) is 0 Å². The summed E-state index contributed by atoms with van der Waals surface area (Å²) in [6.07, 6.45) is 6.65. The van der Waals surface area contributed by atoms with Crippen LogP contribution >= 0.6 is 7.92 Å². The van der Waals surface area contributed by atoms with Crippen LogP contribution in [0.2, 0.25) is 0 Å². The highest BCUT2D eigenvalue weighted by Gasteiger charge is 2.27. The normalized spacial score (nSPS) is 16.0. The Kier molecular flexibility index (Phi) is 7.48. The fourth-order valence-corrected chi connectivity index (χ4v) is 6.67. The molecule has 0 bridgehead atoms. The molecule has 1 unspecified atom stereocenters. The summed E-state index contributed by atoms with van der Waals surface area (Å²) in [4.78, 5) is 0. The van der Waals surface area contributed by atoms with Gasteiger partial charge in [-0.1, -0.05) is 110 Å². The maximum atomic E-state index is 4.04. The average Bonchev–Trinajstić information content (AvgIpc) is 2.80. The van der Waals surface area contributed by atoms with Gasteiger partial charge >= 0.3 is 0 Å². The average molecular weight is 403 g/mol. The van der Waals surface area contributed by atoms with E-state index < -0.39 is 7.92 Å². The zero-order valence-electron chi connectivity index (χ0n) is 17.0. The van der Waals surface area contributed by atoms with Crippen LogP contribution in [0.15, 0.2) is 91.0 Å². The molecule has 0 aromatic heterocycles. The minimum atomic E-state index is -0.558. The second-order valence-electron chi connectivity index (χ2n) is 7.81. The molecule has 29 heavy (non-hydrogen) atoms. The van der Waals surface area contributed by atoms with Crippen LogP contribution in [-0.4, -0.2) is 11.9 Å². The van der Waals surface area contributed by atoms with Gasteiger partial charge in [-0.15, -0.1) is 0 Å². The molecule has 150 valence electrons. The van der Waals surface area contributed by atoms with Crippen molar-refractivity contribution in [1.82, 2.24) is 10.6 Å². The first-order valence-corrected chi connectivity index (χ1v) is 12.2. The van der Waals surface area contributed by atoms with Crippen molar-refractivity contribution < 1.29 is 0 Å². The van der Waals surface area contributed by atoms with Crippen molar-refractivity contribution in [1.29, 1.82) is 0 Å². The maximum absolute atomic E-state index is 4.04. The monoisotopic (exact) mass is 402 g/mol. The summed E-state index contributed by atoms with van der Waals surface area (Å²) in [5.41, 5.74) is 1.33. The van der Waals surface area contributed by atoms with Gasteiger partial charge in [0.25, 0.3) is 0 Å². The molecule has 0 amide bonds. The van der Waals surface area contributed by atoms with Gasteiger partial charge in [0.2, 0.25) is 0 Å². The highest BCUT2D eigenvalue weighted by molar-refractivity contribution is 7.73. The van der Waals surface area contributed by atoms with E-state index in [1.54, 1.807) is 0 Å².